The third-order valence-electron chi connectivity index (χ3n) is 5.96. The average molecular weight is 360 g/mol. The van der Waals surface area contributed by atoms with Crippen LogP contribution in [0.5, 0.6) is 0 Å². The van der Waals surface area contributed by atoms with Gasteiger partial charge in [0.05, 0.1) is 5.56 Å². The Labute approximate surface area is 145 Å². The van der Waals surface area contributed by atoms with Gasteiger partial charge in [-0.05, 0) is 61.1 Å². The molecule has 0 aromatic heterocycles. The van der Waals surface area contributed by atoms with Crippen molar-refractivity contribution in [2.45, 2.75) is 82.5 Å². The fraction of sp³-hybridized carbons (Fsp3) is 0.700. The smallest absolute Gasteiger partial charge is 0.206 e. The number of rotatable bonds is 4. The van der Waals surface area contributed by atoms with Crippen LogP contribution >= 0.6 is 0 Å². The molecule has 0 radical (unpaired) electrons. The van der Waals surface area contributed by atoms with Crippen LogP contribution < -0.4 is 0 Å². The molecule has 1 aromatic carbocycles. The number of aryl methyl sites for hydroxylation is 1. The molecule has 0 unspecified atom stereocenters. The van der Waals surface area contributed by atoms with Gasteiger partial charge in [-0.15, -0.1) is 0 Å². The quantitative estimate of drug-likeness (QED) is 0.509. The summed E-state index contributed by atoms with van der Waals surface area (Å²) in [7, 11) is 0. The molecule has 25 heavy (non-hydrogen) atoms. The first-order valence-corrected chi connectivity index (χ1v) is 9.34. The largest absolute Gasteiger partial charge is 0.338 e. The van der Waals surface area contributed by atoms with Crippen LogP contribution in [0.25, 0.3) is 0 Å². The van der Waals surface area contributed by atoms with E-state index in [1.54, 1.807) is 6.07 Å². The number of halogens is 5. The van der Waals surface area contributed by atoms with Gasteiger partial charge in [-0.1, -0.05) is 32.3 Å². The zero-order valence-corrected chi connectivity index (χ0v) is 14.6. The van der Waals surface area contributed by atoms with E-state index in [0.29, 0.717) is 11.5 Å². The van der Waals surface area contributed by atoms with Crippen molar-refractivity contribution in [2.75, 3.05) is 0 Å². The van der Waals surface area contributed by atoms with Crippen molar-refractivity contribution in [1.29, 1.82) is 0 Å². The zero-order chi connectivity index (χ0) is 18.2. The molecular weight excluding hydrogens is 335 g/mol. The van der Waals surface area contributed by atoms with Crippen LogP contribution in [0, 0.1) is 11.7 Å². The van der Waals surface area contributed by atoms with Gasteiger partial charge in [0.2, 0.25) is 0 Å². The van der Waals surface area contributed by atoms with E-state index in [2.05, 4.69) is 6.92 Å². The summed E-state index contributed by atoms with van der Waals surface area (Å²) in [4.78, 5) is 0. The highest BCUT2D eigenvalue weighted by Gasteiger charge is 2.61. The number of hydrogen-bond donors (Lipinski definition) is 0. The number of hydrogen-bond acceptors (Lipinski definition) is 0. The highest BCUT2D eigenvalue weighted by atomic mass is 19.3. The number of alkyl halides is 4. The molecule has 0 aliphatic heterocycles. The maximum atomic E-state index is 14.4. The molecule has 2 aliphatic rings. The second-order valence-electron chi connectivity index (χ2n) is 7.68. The lowest BCUT2D eigenvalue weighted by Crippen LogP contribution is -2.43. The van der Waals surface area contributed by atoms with E-state index >= 15 is 0 Å². The first-order valence-electron chi connectivity index (χ1n) is 9.34. The topological polar surface area (TPSA) is 0 Å². The summed E-state index contributed by atoms with van der Waals surface area (Å²) < 4.78 is 69.4. The van der Waals surface area contributed by atoms with Gasteiger partial charge in [0.25, 0.3) is 0 Å². The van der Waals surface area contributed by atoms with E-state index < -0.39 is 29.6 Å². The van der Waals surface area contributed by atoms with Crippen molar-refractivity contribution in [2.24, 2.45) is 5.92 Å². The minimum Gasteiger partial charge on any atom is -0.206 e. The minimum absolute atomic E-state index is 0.0547. The van der Waals surface area contributed by atoms with E-state index in [4.69, 9.17) is 0 Å². The Bertz CT molecular complexity index is 615. The second kappa shape index (κ2) is 6.88. The third-order valence-corrected chi connectivity index (χ3v) is 5.96. The molecule has 0 heterocycles. The second-order valence-corrected chi connectivity index (χ2v) is 7.68. The maximum Gasteiger partial charge on any atom is 0.338 e. The fourth-order valence-electron chi connectivity index (χ4n) is 4.38. The highest BCUT2D eigenvalue weighted by Crippen LogP contribution is 2.52. The van der Waals surface area contributed by atoms with Crippen molar-refractivity contribution in [3.05, 3.63) is 34.6 Å². The molecule has 5 heteroatoms. The molecule has 3 rings (SSSR count). The lowest BCUT2D eigenvalue weighted by Gasteiger charge is -2.34. The van der Waals surface area contributed by atoms with Crippen LogP contribution in [0.2, 0.25) is 0 Å². The lowest BCUT2D eigenvalue weighted by molar-refractivity contribution is -0.226. The molecule has 0 nitrogen and oxygen atoms in total. The van der Waals surface area contributed by atoms with E-state index in [0.717, 1.165) is 31.7 Å². The lowest BCUT2D eigenvalue weighted by atomic mass is 9.75. The predicted molar refractivity (Wildman–Crippen MR) is 87.8 cm³/mol. The average Bonchev–Trinajstić information content (AvgIpc) is 2.56. The molecule has 1 aromatic rings. The van der Waals surface area contributed by atoms with Gasteiger partial charge in [0.1, 0.15) is 5.82 Å². The third kappa shape index (κ3) is 3.43. The predicted octanol–water partition coefficient (Wildman–Crippen LogP) is 6.96. The Morgan fingerprint density at radius 2 is 1.72 bits per heavy atom. The van der Waals surface area contributed by atoms with Gasteiger partial charge in [-0.2, -0.15) is 17.6 Å². The van der Waals surface area contributed by atoms with Crippen LogP contribution in [0.15, 0.2) is 12.1 Å². The summed E-state index contributed by atoms with van der Waals surface area (Å²) in [5.41, 5.74) is -0.339. The molecular formula is C20H25F5. The Morgan fingerprint density at radius 3 is 2.36 bits per heavy atom. The molecule has 0 saturated heterocycles. The van der Waals surface area contributed by atoms with E-state index in [9.17, 15) is 22.0 Å². The van der Waals surface area contributed by atoms with Gasteiger partial charge in [0, 0.05) is 6.42 Å². The molecule has 0 spiro atoms. The number of unbranched alkanes of at least 4 members (excludes halogenated alkanes) is 1. The van der Waals surface area contributed by atoms with Crippen LogP contribution in [-0.4, -0.2) is 5.92 Å². The highest BCUT2D eigenvalue weighted by molar-refractivity contribution is 5.41. The van der Waals surface area contributed by atoms with Crippen molar-refractivity contribution < 1.29 is 22.0 Å². The van der Waals surface area contributed by atoms with Gasteiger partial charge < -0.3 is 0 Å². The molecule has 0 N–H and O–H groups in total. The first kappa shape index (κ1) is 18.7. The first-order chi connectivity index (χ1) is 11.8. The number of fused-ring (bicyclic) bond motifs is 1. The molecule has 1 saturated carbocycles. The molecule has 0 bridgehead atoms. The summed E-state index contributed by atoms with van der Waals surface area (Å²) >= 11 is 0. The minimum atomic E-state index is -4.43. The van der Waals surface area contributed by atoms with Crippen molar-refractivity contribution in [3.63, 3.8) is 0 Å². The normalized spacial score (nSPS) is 27.8. The van der Waals surface area contributed by atoms with Crippen LogP contribution in [0.1, 0.15) is 80.9 Å². The Kier molecular flexibility index (Phi) is 5.13. The van der Waals surface area contributed by atoms with Gasteiger partial charge in [0.15, 0.2) is 0 Å². The zero-order valence-electron chi connectivity index (χ0n) is 14.6. The van der Waals surface area contributed by atoms with Gasteiger partial charge >= 0.3 is 11.8 Å². The fourth-order valence-corrected chi connectivity index (χ4v) is 4.38. The Hall–Kier alpha value is -1.13. The summed E-state index contributed by atoms with van der Waals surface area (Å²) in [5.74, 6) is -8.94. The van der Waals surface area contributed by atoms with Crippen molar-refractivity contribution in [3.8, 4) is 0 Å². The molecule has 140 valence electrons. The monoisotopic (exact) mass is 360 g/mol. The van der Waals surface area contributed by atoms with Gasteiger partial charge in [-0.3, -0.25) is 0 Å². The van der Waals surface area contributed by atoms with Crippen LogP contribution in [0.4, 0.5) is 22.0 Å². The standard InChI is InChI=1S/C20H25F5/c1-2-3-4-13-5-7-14(8-6-13)16-11-15-9-10-19(22,23)20(24,25)18(15)17(21)12-16/h11-14H,2-10H2,1H3. The molecule has 0 atom stereocenters. The molecule has 0 amide bonds. The molecule has 1 fully saturated rings. The number of benzene rings is 1. The molecule has 2 aliphatic carbocycles. The van der Waals surface area contributed by atoms with Crippen LogP contribution in [-0.2, 0) is 12.3 Å². The Morgan fingerprint density at radius 1 is 1.04 bits per heavy atom. The van der Waals surface area contributed by atoms with Crippen LogP contribution in [0.3, 0.4) is 0 Å². The van der Waals surface area contributed by atoms with Gasteiger partial charge in [-0.25, -0.2) is 4.39 Å². The summed E-state index contributed by atoms with van der Waals surface area (Å²) in [5, 5.41) is 0. The summed E-state index contributed by atoms with van der Waals surface area (Å²) in [6.07, 6.45) is 6.44. The Balaban J connectivity index is 1.79. The van der Waals surface area contributed by atoms with Crippen molar-refractivity contribution in [1.82, 2.24) is 0 Å². The van der Waals surface area contributed by atoms with E-state index in [1.165, 1.54) is 19.3 Å². The summed E-state index contributed by atoms with van der Waals surface area (Å²) in [6.45, 7) is 2.17. The summed E-state index contributed by atoms with van der Waals surface area (Å²) in [6, 6.07) is 2.63. The van der Waals surface area contributed by atoms with E-state index in [1.807, 2.05) is 0 Å². The van der Waals surface area contributed by atoms with E-state index in [-0.39, 0.29) is 17.9 Å². The maximum absolute atomic E-state index is 14.4. The van der Waals surface area contributed by atoms with Crippen molar-refractivity contribution >= 4 is 0 Å². The SMILES string of the molecule is CCCCC1CCC(c2cc(F)c3c(c2)CCC(F)(F)C3(F)F)CC1.